The van der Waals surface area contributed by atoms with E-state index in [4.69, 9.17) is 4.74 Å². The lowest BCUT2D eigenvalue weighted by molar-refractivity contribution is -0.212. The molecular formula is C30H48O5. The highest BCUT2D eigenvalue weighted by Crippen LogP contribution is 2.74. The van der Waals surface area contributed by atoms with E-state index in [0.29, 0.717) is 31.0 Å². The number of hydrogen-bond donors (Lipinski definition) is 3. The third-order valence-electron chi connectivity index (χ3n) is 12.2. The molecule has 10 atom stereocenters. The fourth-order valence-corrected chi connectivity index (χ4v) is 10.3. The van der Waals surface area contributed by atoms with Crippen LogP contribution in [-0.4, -0.2) is 51.1 Å². The van der Waals surface area contributed by atoms with Gasteiger partial charge in [-0.2, -0.15) is 0 Å². The Bertz CT molecular complexity index is 945. The Morgan fingerprint density at radius 3 is 2.40 bits per heavy atom. The van der Waals surface area contributed by atoms with E-state index in [9.17, 15) is 20.1 Å². The molecule has 0 amide bonds. The fraction of sp³-hybridized carbons (Fsp3) is 0.900. The van der Waals surface area contributed by atoms with E-state index in [1.807, 2.05) is 0 Å². The average molecular weight is 489 g/mol. The molecule has 5 nitrogen and oxygen atoms in total. The number of rotatable bonds is 2. The fourth-order valence-electron chi connectivity index (χ4n) is 10.3. The molecule has 0 bridgehead atoms. The first-order valence-electron chi connectivity index (χ1n) is 14.0. The van der Waals surface area contributed by atoms with Crippen LogP contribution >= 0.6 is 0 Å². The third kappa shape index (κ3) is 3.30. The highest BCUT2D eigenvalue weighted by Gasteiger charge is 2.70. The van der Waals surface area contributed by atoms with Gasteiger partial charge in [0.15, 0.2) is 0 Å². The standard InChI is InChI=1S/C30H48O5/c1-16-13-19(25(33)27(4,5)34)35-20-15-30(8)17(23(16)20)14-18(31)24-28(6)11-10-22(32)26(2,3)21(28)9-12-29(24,30)7/h16,18-21,24-25,31,33-34H,9-15H2,1-8H3/t16-,18+,19+,20+,21?,24?,25-,28+,29+,30+/m1/s1. The molecule has 0 aromatic heterocycles. The zero-order valence-electron chi connectivity index (χ0n) is 23.1. The number of fused-ring (bicyclic) bond motifs is 6. The Labute approximate surface area is 211 Å². The van der Waals surface area contributed by atoms with Crippen LogP contribution < -0.4 is 0 Å². The van der Waals surface area contributed by atoms with Crippen LogP contribution in [0.3, 0.4) is 0 Å². The lowest BCUT2D eigenvalue weighted by atomic mass is 9.36. The lowest BCUT2D eigenvalue weighted by Gasteiger charge is -2.68. The van der Waals surface area contributed by atoms with Crippen molar-refractivity contribution in [2.75, 3.05) is 0 Å². The van der Waals surface area contributed by atoms with Crippen LogP contribution in [0.5, 0.6) is 0 Å². The van der Waals surface area contributed by atoms with Gasteiger partial charge in [-0.25, -0.2) is 0 Å². The monoisotopic (exact) mass is 488 g/mol. The van der Waals surface area contributed by atoms with E-state index in [1.54, 1.807) is 13.8 Å². The molecule has 1 saturated heterocycles. The predicted molar refractivity (Wildman–Crippen MR) is 136 cm³/mol. The Morgan fingerprint density at radius 1 is 1.11 bits per heavy atom. The molecule has 198 valence electrons. The van der Waals surface area contributed by atoms with Gasteiger partial charge < -0.3 is 20.1 Å². The summed E-state index contributed by atoms with van der Waals surface area (Å²) in [7, 11) is 0. The van der Waals surface area contributed by atoms with Gasteiger partial charge in [0.2, 0.25) is 0 Å². The van der Waals surface area contributed by atoms with E-state index >= 15 is 0 Å². The molecular weight excluding hydrogens is 440 g/mol. The molecule has 4 aliphatic carbocycles. The molecule has 35 heavy (non-hydrogen) atoms. The van der Waals surface area contributed by atoms with Crippen molar-refractivity contribution in [1.29, 1.82) is 0 Å². The Morgan fingerprint density at radius 2 is 1.77 bits per heavy atom. The van der Waals surface area contributed by atoms with E-state index in [-0.39, 0.29) is 39.6 Å². The number of Topliss-reactive ketones (excluding diaryl/α,β-unsaturated/α-hetero) is 1. The number of aliphatic hydroxyl groups is 3. The molecule has 0 aromatic rings. The zero-order chi connectivity index (χ0) is 25.9. The van der Waals surface area contributed by atoms with Gasteiger partial charge >= 0.3 is 0 Å². The van der Waals surface area contributed by atoms with Crippen LogP contribution in [0.2, 0.25) is 0 Å². The van der Waals surface area contributed by atoms with Crippen molar-refractivity contribution in [2.24, 2.45) is 39.4 Å². The highest BCUT2D eigenvalue weighted by atomic mass is 16.5. The second-order valence-corrected chi connectivity index (χ2v) is 14.8. The molecule has 5 aliphatic rings. The van der Waals surface area contributed by atoms with Crippen molar-refractivity contribution in [2.45, 2.75) is 130 Å². The molecule has 0 aromatic carbocycles. The first kappa shape index (κ1) is 25.9. The van der Waals surface area contributed by atoms with Crippen LogP contribution in [0, 0.1) is 39.4 Å². The minimum atomic E-state index is -1.21. The van der Waals surface area contributed by atoms with Gasteiger partial charge in [0.1, 0.15) is 11.9 Å². The normalized spacial score (nSPS) is 50.2. The summed E-state index contributed by atoms with van der Waals surface area (Å²) in [6.45, 7) is 17.0. The molecule has 3 N–H and O–H groups in total. The second kappa shape index (κ2) is 7.65. The van der Waals surface area contributed by atoms with E-state index < -0.39 is 23.9 Å². The van der Waals surface area contributed by atoms with Crippen molar-refractivity contribution in [1.82, 2.24) is 0 Å². The van der Waals surface area contributed by atoms with E-state index in [2.05, 4.69) is 41.5 Å². The van der Waals surface area contributed by atoms with Gasteiger partial charge in [0.25, 0.3) is 0 Å². The van der Waals surface area contributed by atoms with Gasteiger partial charge in [0.05, 0.1) is 23.9 Å². The first-order chi connectivity index (χ1) is 16.0. The van der Waals surface area contributed by atoms with Gasteiger partial charge in [-0.1, -0.05) is 47.1 Å². The Kier molecular flexibility index (Phi) is 5.65. The van der Waals surface area contributed by atoms with E-state index in [0.717, 1.165) is 25.7 Å². The number of hydrogen-bond acceptors (Lipinski definition) is 5. The summed E-state index contributed by atoms with van der Waals surface area (Å²) < 4.78 is 6.57. The molecule has 3 saturated carbocycles. The summed E-state index contributed by atoms with van der Waals surface area (Å²) in [4.78, 5) is 12.9. The number of ketones is 1. The van der Waals surface area contributed by atoms with Gasteiger partial charge in [-0.3, -0.25) is 4.79 Å². The van der Waals surface area contributed by atoms with Crippen LogP contribution in [-0.2, 0) is 9.53 Å². The molecule has 1 heterocycles. The molecule has 1 aliphatic heterocycles. The molecule has 5 heteroatoms. The predicted octanol–water partition coefficient (Wildman–Crippen LogP) is 4.81. The molecule has 4 fully saturated rings. The SMILES string of the molecule is C[C@@H]1C[C@@H]([C@@H](O)C(C)(C)O)O[C@H]2C[C@@]3(C)C(=C12)C[C@H](O)C1[C@@]2(C)CCC(=O)C(C)(C)C2CC[C@@]13C. The highest BCUT2D eigenvalue weighted by molar-refractivity contribution is 5.85. The van der Waals surface area contributed by atoms with Crippen molar-refractivity contribution in [3.05, 3.63) is 11.1 Å². The van der Waals surface area contributed by atoms with Crippen molar-refractivity contribution >= 4 is 5.78 Å². The third-order valence-corrected chi connectivity index (χ3v) is 12.2. The maximum atomic E-state index is 12.9. The summed E-state index contributed by atoms with van der Waals surface area (Å²) in [6.07, 6.45) is 3.95. The number of carbonyl (C=O) groups is 1. The van der Waals surface area contributed by atoms with Crippen molar-refractivity contribution in [3.63, 3.8) is 0 Å². The summed E-state index contributed by atoms with van der Waals surface area (Å²) in [5, 5.41) is 33.1. The lowest BCUT2D eigenvalue weighted by Crippen LogP contribution is -2.65. The quantitative estimate of drug-likeness (QED) is 0.486. The number of carbonyl (C=O) groups excluding carboxylic acids is 1. The Balaban J connectivity index is 1.53. The van der Waals surface area contributed by atoms with E-state index in [1.165, 1.54) is 11.1 Å². The minimum Gasteiger partial charge on any atom is -0.392 e. The van der Waals surface area contributed by atoms with Crippen molar-refractivity contribution < 1.29 is 24.9 Å². The minimum absolute atomic E-state index is 0.0666. The summed E-state index contributed by atoms with van der Waals surface area (Å²) in [6, 6.07) is 0. The second-order valence-electron chi connectivity index (χ2n) is 14.8. The topological polar surface area (TPSA) is 87.0 Å². The van der Waals surface area contributed by atoms with Crippen LogP contribution in [0.4, 0.5) is 0 Å². The molecule has 0 spiro atoms. The molecule has 5 rings (SSSR count). The van der Waals surface area contributed by atoms with Gasteiger partial charge in [-0.05, 0) is 91.9 Å². The number of ether oxygens (including phenoxy) is 1. The smallest absolute Gasteiger partial charge is 0.138 e. The molecule has 0 radical (unpaired) electrons. The largest absolute Gasteiger partial charge is 0.392 e. The first-order valence-corrected chi connectivity index (χ1v) is 14.0. The van der Waals surface area contributed by atoms with Crippen LogP contribution in [0.25, 0.3) is 0 Å². The van der Waals surface area contributed by atoms with Gasteiger partial charge in [0, 0.05) is 11.8 Å². The maximum Gasteiger partial charge on any atom is 0.138 e. The Hall–Kier alpha value is -0.750. The van der Waals surface area contributed by atoms with Gasteiger partial charge in [-0.15, -0.1) is 0 Å². The average Bonchev–Trinajstić information content (AvgIpc) is 3.03. The maximum absolute atomic E-state index is 12.9. The van der Waals surface area contributed by atoms with Crippen molar-refractivity contribution in [3.8, 4) is 0 Å². The number of aliphatic hydroxyl groups excluding tert-OH is 2. The zero-order valence-corrected chi connectivity index (χ0v) is 23.1. The summed E-state index contributed by atoms with van der Waals surface area (Å²) in [5.74, 6) is 1.07. The summed E-state index contributed by atoms with van der Waals surface area (Å²) in [5.41, 5.74) is 0.954. The molecule has 2 unspecified atom stereocenters. The van der Waals surface area contributed by atoms with Crippen LogP contribution in [0.15, 0.2) is 11.1 Å². The van der Waals surface area contributed by atoms with Crippen LogP contribution in [0.1, 0.15) is 100 Å². The summed E-state index contributed by atoms with van der Waals surface area (Å²) >= 11 is 0.